The summed E-state index contributed by atoms with van der Waals surface area (Å²) in [4.78, 5) is 16.7. The molecule has 22 heavy (non-hydrogen) atoms. The van der Waals surface area contributed by atoms with Crippen LogP contribution in [0.3, 0.4) is 0 Å². The van der Waals surface area contributed by atoms with Gasteiger partial charge >= 0.3 is 0 Å². The van der Waals surface area contributed by atoms with Crippen molar-refractivity contribution in [1.82, 2.24) is 15.0 Å². The van der Waals surface area contributed by atoms with Crippen molar-refractivity contribution in [3.63, 3.8) is 0 Å². The van der Waals surface area contributed by atoms with Crippen LogP contribution in [0.5, 0.6) is 0 Å². The molecule has 0 amide bonds. The van der Waals surface area contributed by atoms with Crippen LogP contribution in [0.1, 0.15) is 12.8 Å². The Morgan fingerprint density at radius 2 is 1.86 bits per heavy atom. The maximum Gasteiger partial charge on any atom is 0.189 e. The molecule has 4 rings (SSSR count). The van der Waals surface area contributed by atoms with Gasteiger partial charge in [-0.15, -0.1) is 0 Å². The minimum Gasteiger partial charge on any atom is -0.355 e. The van der Waals surface area contributed by atoms with Gasteiger partial charge in [-0.25, -0.2) is 15.0 Å². The molecule has 1 aliphatic rings. The number of fused-ring (bicyclic) bond motifs is 1. The third-order valence-electron chi connectivity index (χ3n) is 3.68. The topological polar surface area (TPSA) is 53.9 Å². The number of benzene rings is 1. The van der Waals surface area contributed by atoms with Crippen LogP contribution in [0.15, 0.2) is 30.6 Å². The maximum atomic E-state index is 5.91. The average Bonchev–Trinajstić information content (AvgIpc) is 3.18. The van der Waals surface area contributed by atoms with Crippen LogP contribution < -0.4 is 10.2 Å². The lowest BCUT2D eigenvalue weighted by Gasteiger charge is -2.15. The van der Waals surface area contributed by atoms with E-state index in [1.807, 2.05) is 24.3 Å². The fraction of sp³-hybridized carbons (Fsp3) is 0.267. The largest absolute Gasteiger partial charge is 0.355 e. The molecule has 0 bridgehead atoms. The molecule has 1 aliphatic heterocycles. The van der Waals surface area contributed by atoms with Gasteiger partial charge in [-0.3, -0.25) is 0 Å². The van der Waals surface area contributed by atoms with Gasteiger partial charge in [-0.2, -0.15) is 0 Å². The Kier molecular flexibility index (Phi) is 3.56. The molecule has 0 spiro atoms. The molecular weight excluding hydrogens is 318 g/mol. The van der Waals surface area contributed by atoms with Gasteiger partial charge in [-0.1, -0.05) is 22.9 Å². The molecule has 0 aliphatic carbocycles. The molecular formula is C15H14ClN5S. The predicted molar refractivity (Wildman–Crippen MR) is 91.4 cm³/mol. The minimum absolute atomic E-state index is 0.719. The van der Waals surface area contributed by atoms with E-state index in [1.165, 1.54) is 24.2 Å². The lowest BCUT2D eigenvalue weighted by Crippen LogP contribution is -2.19. The van der Waals surface area contributed by atoms with Crippen molar-refractivity contribution in [3.8, 4) is 0 Å². The second-order valence-electron chi connectivity index (χ2n) is 5.20. The van der Waals surface area contributed by atoms with Crippen LogP contribution in [0.25, 0.3) is 10.3 Å². The molecule has 0 atom stereocenters. The lowest BCUT2D eigenvalue weighted by molar-refractivity contribution is 0.937. The average molecular weight is 332 g/mol. The predicted octanol–water partition coefficient (Wildman–Crippen LogP) is 4.08. The number of nitrogens with zero attached hydrogens (tertiary/aromatic N) is 4. The van der Waals surface area contributed by atoms with E-state index in [9.17, 15) is 0 Å². The van der Waals surface area contributed by atoms with E-state index >= 15 is 0 Å². The molecule has 1 aromatic carbocycles. The number of nitrogens with one attached hydrogen (secondary N) is 1. The van der Waals surface area contributed by atoms with E-state index in [2.05, 4.69) is 25.2 Å². The lowest BCUT2D eigenvalue weighted by atomic mass is 10.3. The third-order valence-corrected chi connectivity index (χ3v) is 4.81. The van der Waals surface area contributed by atoms with Crippen molar-refractivity contribution in [2.75, 3.05) is 23.3 Å². The van der Waals surface area contributed by atoms with Gasteiger partial charge < -0.3 is 10.2 Å². The number of anilines is 3. The van der Waals surface area contributed by atoms with Crippen molar-refractivity contribution < 1.29 is 0 Å². The van der Waals surface area contributed by atoms with Crippen molar-refractivity contribution >= 4 is 49.9 Å². The van der Waals surface area contributed by atoms with Crippen LogP contribution in [-0.4, -0.2) is 28.0 Å². The van der Waals surface area contributed by atoms with Crippen LogP contribution in [0, 0.1) is 0 Å². The number of halogens is 1. The van der Waals surface area contributed by atoms with Crippen LogP contribution in [0.4, 0.5) is 16.6 Å². The second kappa shape index (κ2) is 5.70. The first-order valence-electron chi connectivity index (χ1n) is 7.19. The number of hydrogen-bond donors (Lipinski definition) is 1. The Labute approximate surface area is 137 Å². The first-order chi connectivity index (χ1) is 10.8. The van der Waals surface area contributed by atoms with E-state index < -0.39 is 0 Å². The molecule has 0 radical (unpaired) electrons. The number of aromatic nitrogens is 3. The standard InChI is InChI=1S/C15H14ClN5S/c16-10-3-5-11(6-4-10)19-15-20-12-13(21-7-1-2-8-21)17-9-18-14(12)22-15/h3-6,9H,1-2,7-8H2,(H,19,20). The normalized spacial score (nSPS) is 14.7. The summed E-state index contributed by atoms with van der Waals surface area (Å²) in [6.07, 6.45) is 4.05. The number of thiazole rings is 1. The second-order valence-corrected chi connectivity index (χ2v) is 6.61. The van der Waals surface area contributed by atoms with Crippen molar-refractivity contribution in [1.29, 1.82) is 0 Å². The summed E-state index contributed by atoms with van der Waals surface area (Å²) in [6.45, 7) is 2.09. The Bertz CT molecular complexity index is 795. The van der Waals surface area contributed by atoms with Crippen molar-refractivity contribution in [3.05, 3.63) is 35.6 Å². The number of rotatable bonds is 3. The summed E-state index contributed by atoms with van der Waals surface area (Å²) in [7, 11) is 0. The van der Waals surface area contributed by atoms with E-state index in [1.54, 1.807) is 6.33 Å². The monoisotopic (exact) mass is 331 g/mol. The quantitative estimate of drug-likeness (QED) is 0.783. The number of hydrogen-bond acceptors (Lipinski definition) is 6. The van der Waals surface area contributed by atoms with Gasteiger partial charge in [0.15, 0.2) is 15.8 Å². The minimum atomic E-state index is 0.719. The van der Waals surface area contributed by atoms with Gasteiger partial charge in [0, 0.05) is 23.8 Å². The van der Waals surface area contributed by atoms with Gasteiger partial charge in [0.25, 0.3) is 0 Å². The molecule has 3 heterocycles. The highest BCUT2D eigenvalue weighted by molar-refractivity contribution is 7.21. The van der Waals surface area contributed by atoms with E-state index in [4.69, 9.17) is 11.6 Å². The van der Waals surface area contributed by atoms with Crippen molar-refractivity contribution in [2.24, 2.45) is 0 Å². The zero-order valence-electron chi connectivity index (χ0n) is 11.8. The maximum absolute atomic E-state index is 5.91. The molecule has 0 unspecified atom stereocenters. The first-order valence-corrected chi connectivity index (χ1v) is 8.38. The summed E-state index contributed by atoms with van der Waals surface area (Å²) < 4.78 is 0. The third kappa shape index (κ3) is 2.60. The summed E-state index contributed by atoms with van der Waals surface area (Å²) in [5.41, 5.74) is 1.84. The zero-order chi connectivity index (χ0) is 14.9. The van der Waals surface area contributed by atoms with Crippen LogP contribution in [0.2, 0.25) is 5.02 Å². The highest BCUT2D eigenvalue weighted by Crippen LogP contribution is 2.32. The highest BCUT2D eigenvalue weighted by atomic mass is 35.5. The molecule has 1 saturated heterocycles. The molecule has 1 N–H and O–H groups in total. The highest BCUT2D eigenvalue weighted by Gasteiger charge is 2.19. The Balaban J connectivity index is 1.68. The summed E-state index contributed by atoms with van der Waals surface area (Å²) >= 11 is 7.44. The zero-order valence-corrected chi connectivity index (χ0v) is 13.4. The summed E-state index contributed by atoms with van der Waals surface area (Å²) in [5.74, 6) is 0.947. The SMILES string of the molecule is Clc1ccc(Nc2nc3c(N4CCCC4)ncnc3s2)cc1. The van der Waals surface area contributed by atoms with Gasteiger partial charge in [0.05, 0.1) is 0 Å². The summed E-state index contributed by atoms with van der Waals surface area (Å²) in [5, 5.41) is 4.84. The van der Waals surface area contributed by atoms with Crippen molar-refractivity contribution in [2.45, 2.75) is 12.8 Å². The van der Waals surface area contributed by atoms with Crippen LogP contribution >= 0.6 is 22.9 Å². The Hall–Kier alpha value is -1.92. The molecule has 1 fully saturated rings. The fourth-order valence-corrected chi connectivity index (χ4v) is 3.56. The van der Waals surface area contributed by atoms with Gasteiger partial charge in [0.2, 0.25) is 0 Å². The molecule has 7 heteroatoms. The van der Waals surface area contributed by atoms with Gasteiger partial charge in [0.1, 0.15) is 11.8 Å². The van der Waals surface area contributed by atoms with Crippen LogP contribution in [-0.2, 0) is 0 Å². The molecule has 2 aromatic heterocycles. The molecule has 3 aromatic rings. The Morgan fingerprint density at radius 1 is 1.09 bits per heavy atom. The Morgan fingerprint density at radius 3 is 2.64 bits per heavy atom. The first kappa shape index (κ1) is 13.7. The summed E-state index contributed by atoms with van der Waals surface area (Å²) in [6, 6.07) is 7.57. The van der Waals surface area contributed by atoms with Gasteiger partial charge in [-0.05, 0) is 37.1 Å². The van der Waals surface area contributed by atoms with E-state index in [0.29, 0.717) is 0 Å². The molecule has 0 saturated carbocycles. The fourth-order valence-electron chi connectivity index (χ4n) is 2.61. The smallest absolute Gasteiger partial charge is 0.189 e. The van der Waals surface area contributed by atoms with E-state index in [-0.39, 0.29) is 0 Å². The van der Waals surface area contributed by atoms with E-state index in [0.717, 1.165) is 45.1 Å². The molecule has 112 valence electrons. The molecule has 5 nitrogen and oxygen atoms in total.